The molecule has 1 atom stereocenters. The summed E-state index contributed by atoms with van der Waals surface area (Å²) in [6.45, 7) is 6.35. The lowest BCUT2D eigenvalue weighted by molar-refractivity contribution is -0.141. The summed E-state index contributed by atoms with van der Waals surface area (Å²) < 4.78 is 0. The van der Waals surface area contributed by atoms with Crippen LogP contribution in [0.1, 0.15) is 37.6 Å². The van der Waals surface area contributed by atoms with Crippen molar-refractivity contribution in [2.45, 2.75) is 32.7 Å². The first-order valence-electron chi connectivity index (χ1n) is 7.87. The van der Waals surface area contributed by atoms with Crippen molar-refractivity contribution in [3.8, 4) is 0 Å². The molecule has 0 spiro atoms. The van der Waals surface area contributed by atoms with E-state index in [-0.39, 0.29) is 24.0 Å². The molecule has 1 aliphatic rings. The number of nitrogens with zero attached hydrogens (tertiary/aromatic N) is 1. The molecule has 7 nitrogen and oxygen atoms in total. The van der Waals surface area contributed by atoms with Crippen LogP contribution < -0.4 is 10.6 Å². The molecule has 3 N–H and O–H groups in total. The van der Waals surface area contributed by atoms with E-state index in [1.807, 2.05) is 20.8 Å². The summed E-state index contributed by atoms with van der Waals surface area (Å²) in [4.78, 5) is 36.6. The van der Waals surface area contributed by atoms with Crippen molar-refractivity contribution < 1.29 is 19.5 Å². The highest BCUT2D eigenvalue weighted by molar-refractivity contribution is 5.96. The summed E-state index contributed by atoms with van der Waals surface area (Å²) in [7, 11) is 0. The monoisotopic (exact) mass is 333 g/mol. The van der Waals surface area contributed by atoms with E-state index in [0.29, 0.717) is 24.2 Å². The van der Waals surface area contributed by atoms with Crippen molar-refractivity contribution in [3.05, 3.63) is 29.8 Å². The summed E-state index contributed by atoms with van der Waals surface area (Å²) in [5, 5.41) is 14.6. The highest BCUT2D eigenvalue weighted by Crippen LogP contribution is 2.18. The normalized spacial score (nSPS) is 17.5. The minimum absolute atomic E-state index is 0.177. The molecule has 0 aliphatic carbocycles. The number of hydrogen-bond donors (Lipinski definition) is 3. The number of carbonyl (C=O) groups excluding carboxylic acids is 2. The van der Waals surface area contributed by atoms with Gasteiger partial charge in [-0.05, 0) is 51.5 Å². The molecule has 1 aromatic rings. The standard InChI is InChI=1S/C17H23N3O4/c1-17(2,3)19-14(21)11-4-6-13(7-5-11)18-16(24)20-9-8-12(10-20)15(22)23/h4-7,12H,8-10H2,1-3H3,(H,18,24)(H,19,21)(H,22,23). The Bertz CT molecular complexity index is 634. The fraction of sp³-hybridized carbons (Fsp3) is 0.471. The van der Waals surface area contributed by atoms with E-state index in [1.54, 1.807) is 24.3 Å². The third-order valence-corrected chi connectivity index (χ3v) is 3.71. The van der Waals surface area contributed by atoms with Crippen molar-refractivity contribution in [2.75, 3.05) is 18.4 Å². The Hall–Kier alpha value is -2.57. The van der Waals surface area contributed by atoms with Gasteiger partial charge in [0.15, 0.2) is 0 Å². The third kappa shape index (κ3) is 4.71. The predicted octanol–water partition coefficient (Wildman–Crippen LogP) is 2.15. The minimum atomic E-state index is -0.875. The van der Waals surface area contributed by atoms with Crippen molar-refractivity contribution in [2.24, 2.45) is 5.92 Å². The van der Waals surface area contributed by atoms with Gasteiger partial charge in [-0.3, -0.25) is 9.59 Å². The van der Waals surface area contributed by atoms with Crippen molar-refractivity contribution in [1.29, 1.82) is 0 Å². The summed E-state index contributed by atoms with van der Waals surface area (Å²) in [5.74, 6) is -1.55. The molecule has 24 heavy (non-hydrogen) atoms. The molecule has 2 rings (SSSR count). The summed E-state index contributed by atoms with van der Waals surface area (Å²) in [6.07, 6.45) is 0.467. The first-order valence-corrected chi connectivity index (χ1v) is 7.87. The maximum absolute atomic E-state index is 12.1. The quantitative estimate of drug-likeness (QED) is 0.789. The number of anilines is 1. The number of urea groups is 1. The molecule has 0 bridgehead atoms. The molecular formula is C17H23N3O4. The van der Waals surface area contributed by atoms with Gasteiger partial charge in [0.25, 0.3) is 5.91 Å². The van der Waals surface area contributed by atoms with E-state index in [9.17, 15) is 14.4 Å². The molecule has 7 heteroatoms. The van der Waals surface area contributed by atoms with Crippen LogP contribution >= 0.6 is 0 Å². The maximum Gasteiger partial charge on any atom is 0.321 e. The number of hydrogen-bond acceptors (Lipinski definition) is 3. The van der Waals surface area contributed by atoms with Gasteiger partial charge in [-0.1, -0.05) is 0 Å². The SMILES string of the molecule is CC(C)(C)NC(=O)c1ccc(NC(=O)N2CCC(C(=O)O)C2)cc1. The van der Waals surface area contributed by atoms with E-state index in [1.165, 1.54) is 4.90 Å². The Morgan fingerprint density at radius 2 is 1.79 bits per heavy atom. The summed E-state index contributed by atoms with van der Waals surface area (Å²) in [5.41, 5.74) is 0.751. The zero-order valence-electron chi connectivity index (χ0n) is 14.1. The van der Waals surface area contributed by atoms with Gasteiger partial charge < -0.3 is 20.6 Å². The molecular weight excluding hydrogens is 310 g/mol. The molecule has 3 amide bonds. The number of nitrogens with one attached hydrogen (secondary N) is 2. The van der Waals surface area contributed by atoms with E-state index in [4.69, 9.17) is 5.11 Å². The Labute approximate surface area is 141 Å². The number of aliphatic carboxylic acids is 1. The van der Waals surface area contributed by atoms with Crippen LogP contribution in [-0.2, 0) is 4.79 Å². The zero-order chi connectivity index (χ0) is 17.9. The molecule has 1 fully saturated rings. The fourth-order valence-electron chi connectivity index (χ4n) is 2.47. The number of amides is 3. The Kier molecular flexibility index (Phi) is 5.11. The minimum Gasteiger partial charge on any atom is -0.481 e. The largest absolute Gasteiger partial charge is 0.481 e. The van der Waals surface area contributed by atoms with Gasteiger partial charge in [-0.25, -0.2) is 4.79 Å². The Morgan fingerprint density at radius 1 is 1.17 bits per heavy atom. The van der Waals surface area contributed by atoms with Gasteiger partial charge in [0.2, 0.25) is 0 Å². The van der Waals surface area contributed by atoms with Gasteiger partial charge in [-0.2, -0.15) is 0 Å². The van der Waals surface area contributed by atoms with Crippen LogP contribution in [0, 0.1) is 5.92 Å². The van der Waals surface area contributed by atoms with Gasteiger partial charge in [0.1, 0.15) is 0 Å². The first kappa shape index (κ1) is 17.8. The average Bonchev–Trinajstić information content (AvgIpc) is 2.96. The molecule has 1 aromatic carbocycles. The van der Waals surface area contributed by atoms with Crippen LogP contribution in [0.25, 0.3) is 0 Å². The second kappa shape index (κ2) is 6.90. The molecule has 1 saturated heterocycles. The van der Waals surface area contributed by atoms with Crippen LogP contribution in [0.4, 0.5) is 10.5 Å². The van der Waals surface area contributed by atoms with Crippen LogP contribution in [0.5, 0.6) is 0 Å². The number of carboxylic acid groups (broad SMARTS) is 1. The number of carbonyl (C=O) groups is 3. The van der Waals surface area contributed by atoms with Crippen LogP contribution in [0.2, 0.25) is 0 Å². The summed E-state index contributed by atoms with van der Waals surface area (Å²) in [6, 6.07) is 6.26. The predicted molar refractivity (Wildman–Crippen MR) is 90.0 cm³/mol. The topological polar surface area (TPSA) is 98.7 Å². The second-order valence-corrected chi connectivity index (χ2v) is 6.98. The smallest absolute Gasteiger partial charge is 0.321 e. The number of carboxylic acids is 1. The van der Waals surface area contributed by atoms with E-state index in [0.717, 1.165) is 0 Å². The van der Waals surface area contributed by atoms with Gasteiger partial charge in [0.05, 0.1) is 5.92 Å². The third-order valence-electron chi connectivity index (χ3n) is 3.71. The first-order chi connectivity index (χ1) is 11.2. The molecule has 1 unspecified atom stereocenters. The van der Waals surface area contributed by atoms with E-state index in [2.05, 4.69) is 10.6 Å². The lowest BCUT2D eigenvalue weighted by atomic mass is 10.1. The van der Waals surface area contributed by atoms with E-state index < -0.39 is 11.9 Å². The molecule has 1 heterocycles. The number of rotatable bonds is 3. The van der Waals surface area contributed by atoms with Gasteiger partial charge in [-0.15, -0.1) is 0 Å². The lowest BCUT2D eigenvalue weighted by Crippen LogP contribution is -2.40. The van der Waals surface area contributed by atoms with Gasteiger partial charge in [0, 0.05) is 29.9 Å². The number of likely N-dealkylation sites (tertiary alicyclic amines) is 1. The molecule has 1 aliphatic heterocycles. The van der Waals surface area contributed by atoms with Crippen molar-refractivity contribution in [3.63, 3.8) is 0 Å². The Balaban J connectivity index is 1.93. The zero-order valence-corrected chi connectivity index (χ0v) is 14.1. The van der Waals surface area contributed by atoms with Gasteiger partial charge >= 0.3 is 12.0 Å². The maximum atomic E-state index is 12.1. The molecule has 0 saturated carbocycles. The van der Waals surface area contributed by atoms with Crippen molar-refractivity contribution >= 4 is 23.6 Å². The lowest BCUT2D eigenvalue weighted by Gasteiger charge is -2.20. The number of benzene rings is 1. The van der Waals surface area contributed by atoms with Crippen LogP contribution in [0.15, 0.2) is 24.3 Å². The molecule has 130 valence electrons. The van der Waals surface area contributed by atoms with E-state index >= 15 is 0 Å². The Morgan fingerprint density at radius 3 is 2.29 bits per heavy atom. The molecule has 0 aromatic heterocycles. The van der Waals surface area contributed by atoms with Crippen molar-refractivity contribution in [1.82, 2.24) is 10.2 Å². The highest BCUT2D eigenvalue weighted by Gasteiger charge is 2.30. The second-order valence-electron chi connectivity index (χ2n) is 6.98. The van der Waals surface area contributed by atoms with Crippen LogP contribution in [-0.4, -0.2) is 46.5 Å². The highest BCUT2D eigenvalue weighted by atomic mass is 16.4. The fourth-order valence-corrected chi connectivity index (χ4v) is 2.47. The average molecular weight is 333 g/mol. The summed E-state index contributed by atoms with van der Waals surface area (Å²) >= 11 is 0. The molecule has 0 radical (unpaired) electrons. The van der Waals surface area contributed by atoms with Crippen LogP contribution in [0.3, 0.4) is 0 Å².